The van der Waals surface area contributed by atoms with E-state index in [9.17, 15) is 13.2 Å². The van der Waals surface area contributed by atoms with Gasteiger partial charge in [0.25, 0.3) is 0 Å². The summed E-state index contributed by atoms with van der Waals surface area (Å²) in [6, 6.07) is 6.15. The summed E-state index contributed by atoms with van der Waals surface area (Å²) in [7, 11) is -2.40. The molecule has 0 amide bonds. The fourth-order valence-electron chi connectivity index (χ4n) is 4.10. The summed E-state index contributed by atoms with van der Waals surface area (Å²) in [6.07, 6.45) is 10.6. The predicted octanol–water partition coefficient (Wildman–Crippen LogP) is 6.40. The molecule has 32 heavy (non-hydrogen) atoms. The van der Waals surface area contributed by atoms with E-state index < -0.39 is 20.9 Å². The van der Waals surface area contributed by atoms with Crippen LogP contribution in [-0.2, 0) is 14.6 Å². The fraction of sp³-hybridized carbons (Fsp3) is 0.444. The minimum absolute atomic E-state index is 0.0883. The number of hydrogen-bond acceptors (Lipinski definition) is 4. The second kappa shape index (κ2) is 10.5. The van der Waals surface area contributed by atoms with Crippen LogP contribution in [0.15, 0.2) is 75.8 Å². The highest BCUT2D eigenvalue weighted by Gasteiger charge is 2.33. The monoisotopic (exact) mass is 456 g/mol. The van der Waals surface area contributed by atoms with Crippen LogP contribution < -0.4 is 4.74 Å². The minimum Gasteiger partial charge on any atom is -0.497 e. The average Bonchev–Trinajstić information content (AvgIpc) is 2.75. The van der Waals surface area contributed by atoms with E-state index in [1.54, 1.807) is 38.1 Å². The first-order valence-corrected chi connectivity index (χ1v) is 12.6. The highest BCUT2D eigenvalue weighted by molar-refractivity contribution is 7.93. The first-order chi connectivity index (χ1) is 14.9. The van der Waals surface area contributed by atoms with E-state index in [0.29, 0.717) is 11.3 Å². The van der Waals surface area contributed by atoms with Gasteiger partial charge in [-0.15, -0.1) is 0 Å². The Kier molecular flexibility index (Phi) is 8.47. The molecule has 1 unspecified atom stereocenters. The Hall–Kier alpha value is -2.40. The molecule has 4 nitrogen and oxygen atoms in total. The van der Waals surface area contributed by atoms with Crippen molar-refractivity contribution < 1.29 is 17.9 Å². The van der Waals surface area contributed by atoms with Crippen molar-refractivity contribution in [3.05, 3.63) is 70.9 Å². The van der Waals surface area contributed by atoms with Gasteiger partial charge in [0.1, 0.15) is 11.0 Å². The lowest BCUT2D eigenvalue weighted by atomic mass is 9.72. The molecule has 0 aromatic heterocycles. The molecule has 174 valence electrons. The van der Waals surface area contributed by atoms with E-state index in [1.165, 1.54) is 36.8 Å². The van der Waals surface area contributed by atoms with E-state index in [1.807, 2.05) is 13.0 Å². The van der Waals surface area contributed by atoms with Gasteiger partial charge in [-0.05, 0) is 87.8 Å². The third kappa shape index (κ3) is 5.89. The zero-order valence-electron chi connectivity index (χ0n) is 20.4. The highest BCUT2D eigenvalue weighted by atomic mass is 32.2. The fourth-order valence-corrected chi connectivity index (χ4v) is 5.77. The molecule has 1 aliphatic carbocycles. The topological polar surface area (TPSA) is 60.4 Å². The van der Waals surface area contributed by atoms with E-state index in [0.717, 1.165) is 18.4 Å². The SMILES string of the molecule is CC=C(C)C(=O)C(C=C(C)C=CC1=C(C)CCCC1(C)C)S(=O)(=O)c1ccc(OC)cc1. The number of sulfone groups is 1. The summed E-state index contributed by atoms with van der Waals surface area (Å²) in [5, 5.41) is -1.29. The van der Waals surface area contributed by atoms with Crippen LogP contribution in [0.25, 0.3) is 0 Å². The third-order valence-electron chi connectivity index (χ3n) is 6.27. The Balaban J connectivity index is 2.48. The van der Waals surface area contributed by atoms with Crippen molar-refractivity contribution >= 4 is 15.6 Å². The quantitative estimate of drug-likeness (QED) is 0.335. The van der Waals surface area contributed by atoms with Gasteiger partial charge in [0.15, 0.2) is 15.6 Å². The Morgan fingerprint density at radius 2 is 1.78 bits per heavy atom. The molecule has 5 heteroatoms. The molecular formula is C27H36O4S. The maximum Gasteiger partial charge on any atom is 0.192 e. The van der Waals surface area contributed by atoms with Crippen LogP contribution in [0.3, 0.4) is 0 Å². The molecule has 0 N–H and O–H groups in total. The molecule has 0 saturated heterocycles. The van der Waals surface area contributed by atoms with Crippen molar-refractivity contribution in [2.45, 2.75) is 71.0 Å². The molecule has 1 aliphatic rings. The maximum absolute atomic E-state index is 13.4. The molecule has 0 spiro atoms. The largest absolute Gasteiger partial charge is 0.497 e. The molecule has 1 atom stereocenters. The number of ether oxygens (including phenoxy) is 1. The molecule has 0 radical (unpaired) electrons. The summed E-state index contributed by atoms with van der Waals surface area (Å²) in [5.74, 6) is 0.148. The number of carbonyl (C=O) groups excluding carboxylic acids is 1. The third-order valence-corrected chi connectivity index (χ3v) is 8.22. The Bertz CT molecular complexity index is 1070. The molecule has 1 aromatic carbocycles. The standard InChI is InChI=1S/C27H36O4S/c1-8-20(3)26(28)25(32(29,30)23-14-12-22(31-7)13-15-23)18-19(2)11-16-24-21(4)10-9-17-27(24,5)6/h8,11-16,18,25H,9-10,17H2,1-7H3. The predicted molar refractivity (Wildman–Crippen MR) is 132 cm³/mol. The molecule has 0 bridgehead atoms. The number of benzene rings is 1. The summed E-state index contributed by atoms with van der Waals surface area (Å²) in [6.45, 7) is 11.9. The lowest BCUT2D eigenvalue weighted by Crippen LogP contribution is -2.29. The minimum atomic E-state index is -3.92. The molecule has 2 rings (SSSR count). The number of ketones is 1. The van der Waals surface area contributed by atoms with Gasteiger partial charge in [0.2, 0.25) is 0 Å². The highest BCUT2D eigenvalue weighted by Crippen LogP contribution is 2.40. The summed E-state index contributed by atoms with van der Waals surface area (Å²) in [4.78, 5) is 13.2. The molecule has 0 aliphatic heterocycles. The number of methoxy groups -OCH3 is 1. The van der Waals surface area contributed by atoms with Crippen LogP contribution in [0, 0.1) is 5.41 Å². The van der Waals surface area contributed by atoms with Gasteiger partial charge >= 0.3 is 0 Å². The molecule has 0 heterocycles. The normalized spacial score (nSPS) is 18.7. The van der Waals surface area contributed by atoms with Crippen LogP contribution in [0.2, 0.25) is 0 Å². The van der Waals surface area contributed by atoms with Gasteiger partial charge in [-0.3, -0.25) is 4.79 Å². The van der Waals surface area contributed by atoms with Gasteiger partial charge in [-0.2, -0.15) is 0 Å². The van der Waals surface area contributed by atoms with E-state index in [4.69, 9.17) is 4.74 Å². The summed E-state index contributed by atoms with van der Waals surface area (Å²) < 4.78 is 32.0. The smallest absolute Gasteiger partial charge is 0.192 e. The van der Waals surface area contributed by atoms with Crippen molar-refractivity contribution in [1.82, 2.24) is 0 Å². The van der Waals surface area contributed by atoms with Gasteiger partial charge in [0.05, 0.1) is 12.0 Å². The van der Waals surface area contributed by atoms with Gasteiger partial charge < -0.3 is 4.74 Å². The van der Waals surface area contributed by atoms with Crippen LogP contribution in [0.4, 0.5) is 0 Å². The van der Waals surface area contributed by atoms with Gasteiger partial charge in [0, 0.05) is 0 Å². The van der Waals surface area contributed by atoms with E-state index in [2.05, 4.69) is 26.8 Å². The Morgan fingerprint density at radius 1 is 1.16 bits per heavy atom. The van der Waals surface area contributed by atoms with Crippen molar-refractivity contribution in [1.29, 1.82) is 0 Å². The zero-order chi connectivity index (χ0) is 24.1. The summed E-state index contributed by atoms with van der Waals surface area (Å²) >= 11 is 0. The van der Waals surface area contributed by atoms with Crippen molar-refractivity contribution in [3.8, 4) is 5.75 Å². The maximum atomic E-state index is 13.4. The second-order valence-electron chi connectivity index (χ2n) is 9.15. The Morgan fingerprint density at radius 3 is 2.31 bits per heavy atom. The lowest BCUT2D eigenvalue weighted by Gasteiger charge is -2.33. The second-order valence-corrected chi connectivity index (χ2v) is 11.2. The molecule has 0 saturated carbocycles. The van der Waals surface area contributed by atoms with Crippen LogP contribution >= 0.6 is 0 Å². The summed E-state index contributed by atoms with van der Waals surface area (Å²) in [5.41, 5.74) is 3.92. The molecule has 1 aromatic rings. The molecule has 0 fully saturated rings. The first-order valence-electron chi connectivity index (χ1n) is 11.1. The van der Waals surface area contributed by atoms with Gasteiger partial charge in [-0.1, -0.05) is 49.3 Å². The molecular weight excluding hydrogens is 420 g/mol. The van der Waals surface area contributed by atoms with E-state index >= 15 is 0 Å². The first kappa shape index (κ1) is 25.9. The number of hydrogen-bond donors (Lipinski definition) is 0. The average molecular weight is 457 g/mol. The van der Waals surface area contributed by atoms with Crippen molar-refractivity contribution in [2.24, 2.45) is 5.41 Å². The number of allylic oxidation sites excluding steroid dienone is 7. The number of rotatable bonds is 8. The van der Waals surface area contributed by atoms with Crippen molar-refractivity contribution in [3.63, 3.8) is 0 Å². The van der Waals surface area contributed by atoms with Gasteiger partial charge in [-0.25, -0.2) is 8.42 Å². The zero-order valence-corrected chi connectivity index (χ0v) is 21.2. The van der Waals surface area contributed by atoms with Crippen LogP contribution in [0.1, 0.15) is 60.8 Å². The van der Waals surface area contributed by atoms with Crippen molar-refractivity contribution in [2.75, 3.05) is 7.11 Å². The number of Topliss-reactive ketones (excluding diaryl/α,β-unsaturated/α-hetero) is 1. The number of carbonyl (C=O) groups is 1. The Labute approximate surface area is 193 Å². The lowest BCUT2D eigenvalue weighted by molar-refractivity contribution is -0.114. The van der Waals surface area contributed by atoms with Crippen LogP contribution in [-0.4, -0.2) is 26.6 Å². The van der Waals surface area contributed by atoms with E-state index in [-0.39, 0.29) is 10.3 Å². The van der Waals surface area contributed by atoms with Crippen LogP contribution in [0.5, 0.6) is 5.75 Å².